The van der Waals surface area contributed by atoms with E-state index in [1.165, 1.54) is 13.0 Å². The first kappa shape index (κ1) is 23.6. The predicted octanol–water partition coefficient (Wildman–Crippen LogP) is 3.33. The lowest BCUT2D eigenvalue weighted by molar-refractivity contribution is -0.125. The van der Waals surface area contributed by atoms with E-state index in [-0.39, 0.29) is 17.0 Å². The van der Waals surface area contributed by atoms with Crippen LogP contribution in [0.25, 0.3) is 0 Å². The highest BCUT2D eigenvalue weighted by molar-refractivity contribution is 9.10. The molecule has 0 bridgehead atoms. The van der Waals surface area contributed by atoms with Crippen LogP contribution < -0.4 is 5.32 Å². The molecule has 3 atom stereocenters. The van der Waals surface area contributed by atoms with Crippen molar-refractivity contribution in [3.05, 3.63) is 58.3 Å². The number of nitrogens with one attached hydrogen (secondary N) is 1. The number of rotatable bonds is 6. The van der Waals surface area contributed by atoms with Gasteiger partial charge in [-0.3, -0.25) is 4.79 Å². The molecular formula is C19H18BrF4N3O3S. The summed E-state index contributed by atoms with van der Waals surface area (Å²) in [5, 5.41) is 2.42. The number of pyridine rings is 1. The Kier molecular flexibility index (Phi) is 7.01. The van der Waals surface area contributed by atoms with Crippen LogP contribution >= 0.6 is 15.9 Å². The number of amides is 1. The topological polar surface area (TPSA) is 79.4 Å². The summed E-state index contributed by atoms with van der Waals surface area (Å²) in [7, 11) is -4.37. The molecule has 2 heterocycles. The van der Waals surface area contributed by atoms with Crippen molar-refractivity contribution >= 4 is 31.9 Å². The zero-order valence-electron chi connectivity index (χ0n) is 16.1. The van der Waals surface area contributed by atoms with E-state index in [1.54, 1.807) is 0 Å². The van der Waals surface area contributed by atoms with Gasteiger partial charge in [-0.1, -0.05) is 6.92 Å². The van der Waals surface area contributed by atoms with Gasteiger partial charge in [-0.25, -0.2) is 31.0 Å². The summed E-state index contributed by atoms with van der Waals surface area (Å²) in [6.07, 6.45) is -1.91. The zero-order chi connectivity index (χ0) is 22.9. The van der Waals surface area contributed by atoms with E-state index in [9.17, 15) is 30.8 Å². The average molecular weight is 524 g/mol. The van der Waals surface area contributed by atoms with Crippen molar-refractivity contribution in [2.24, 2.45) is 11.8 Å². The molecular weight excluding hydrogens is 506 g/mol. The van der Waals surface area contributed by atoms with Crippen molar-refractivity contribution in [1.82, 2.24) is 14.6 Å². The SMILES string of the molecule is CC1C(C(F)F)CN(S(=O)(=O)c2ccc(F)cc2)[C@@H]1C(=O)NCc1cc(Br)ncc1F. The van der Waals surface area contributed by atoms with Gasteiger partial charge in [0, 0.05) is 24.6 Å². The van der Waals surface area contributed by atoms with Crippen LogP contribution in [-0.2, 0) is 21.4 Å². The normalized spacial score (nSPS) is 22.1. The second-order valence-electron chi connectivity index (χ2n) is 7.15. The Morgan fingerprint density at radius 2 is 1.94 bits per heavy atom. The second kappa shape index (κ2) is 9.21. The zero-order valence-corrected chi connectivity index (χ0v) is 18.5. The molecule has 2 unspecified atom stereocenters. The van der Waals surface area contributed by atoms with E-state index < -0.39 is 58.4 Å². The summed E-state index contributed by atoms with van der Waals surface area (Å²) >= 11 is 3.08. The first-order valence-electron chi connectivity index (χ1n) is 9.15. The van der Waals surface area contributed by atoms with E-state index in [0.29, 0.717) is 8.91 Å². The molecule has 0 radical (unpaired) electrons. The number of halogens is 5. The van der Waals surface area contributed by atoms with Crippen LogP contribution in [0, 0.1) is 23.5 Å². The van der Waals surface area contributed by atoms with E-state index in [1.807, 2.05) is 0 Å². The Bertz CT molecular complexity index is 1070. The summed E-state index contributed by atoms with van der Waals surface area (Å²) < 4.78 is 81.3. The van der Waals surface area contributed by atoms with E-state index in [4.69, 9.17) is 0 Å². The number of aromatic nitrogens is 1. The number of carbonyl (C=O) groups is 1. The quantitative estimate of drug-likeness (QED) is 0.465. The third-order valence-corrected chi connectivity index (χ3v) is 7.54. The van der Waals surface area contributed by atoms with Gasteiger partial charge in [0.2, 0.25) is 22.4 Å². The first-order valence-corrected chi connectivity index (χ1v) is 11.4. The Balaban J connectivity index is 1.89. The van der Waals surface area contributed by atoms with Gasteiger partial charge in [0.25, 0.3) is 0 Å². The minimum atomic E-state index is -4.37. The van der Waals surface area contributed by atoms with E-state index >= 15 is 0 Å². The van der Waals surface area contributed by atoms with Crippen LogP contribution in [0.5, 0.6) is 0 Å². The molecule has 31 heavy (non-hydrogen) atoms. The standard InChI is InChI=1S/C19H18BrF4N3O3S/c1-10-14(18(23)24)9-27(31(29,30)13-4-2-12(21)3-5-13)17(10)19(28)26-7-11-6-16(20)25-8-15(11)22/h2-6,8,10,14,17-18H,7,9H2,1H3,(H,26,28)/t10?,14?,17-/m0/s1. The number of benzene rings is 1. The molecule has 12 heteroatoms. The third kappa shape index (κ3) is 4.90. The Morgan fingerprint density at radius 3 is 2.55 bits per heavy atom. The summed E-state index contributed by atoms with van der Waals surface area (Å²) in [5.74, 6) is -4.58. The molecule has 1 saturated heterocycles. The number of carbonyl (C=O) groups excluding carboxylic acids is 1. The molecule has 1 amide bonds. The minimum Gasteiger partial charge on any atom is -0.351 e. The van der Waals surface area contributed by atoms with Crippen molar-refractivity contribution < 1.29 is 30.8 Å². The van der Waals surface area contributed by atoms with Gasteiger partial charge in [-0.05, 0) is 52.2 Å². The molecule has 0 spiro atoms. The van der Waals surface area contributed by atoms with Gasteiger partial charge in [0.15, 0.2) is 0 Å². The molecule has 1 fully saturated rings. The van der Waals surface area contributed by atoms with E-state index in [2.05, 4.69) is 26.2 Å². The highest BCUT2D eigenvalue weighted by Gasteiger charge is 2.51. The number of nitrogens with zero attached hydrogens (tertiary/aromatic N) is 2. The smallest absolute Gasteiger partial charge is 0.243 e. The van der Waals surface area contributed by atoms with Gasteiger partial charge in [-0.15, -0.1) is 0 Å². The Labute approximate surface area is 184 Å². The lowest BCUT2D eigenvalue weighted by Gasteiger charge is -2.25. The molecule has 1 aromatic heterocycles. The molecule has 3 rings (SSSR count). The van der Waals surface area contributed by atoms with Gasteiger partial charge in [0.05, 0.1) is 11.1 Å². The van der Waals surface area contributed by atoms with Crippen LogP contribution in [0.3, 0.4) is 0 Å². The van der Waals surface area contributed by atoms with Gasteiger partial charge < -0.3 is 5.32 Å². The number of hydrogen-bond donors (Lipinski definition) is 1. The highest BCUT2D eigenvalue weighted by Crippen LogP contribution is 2.37. The monoisotopic (exact) mass is 523 g/mol. The maximum atomic E-state index is 13.9. The predicted molar refractivity (Wildman–Crippen MR) is 106 cm³/mol. The summed E-state index contributed by atoms with van der Waals surface area (Å²) in [4.78, 5) is 16.2. The highest BCUT2D eigenvalue weighted by atomic mass is 79.9. The molecule has 6 nitrogen and oxygen atoms in total. The van der Waals surface area contributed by atoms with Crippen molar-refractivity contribution in [2.45, 2.75) is 30.8 Å². The Morgan fingerprint density at radius 1 is 1.29 bits per heavy atom. The van der Waals surface area contributed by atoms with Crippen LogP contribution in [0.2, 0.25) is 0 Å². The number of alkyl halides is 2. The van der Waals surface area contributed by atoms with Gasteiger partial charge in [0.1, 0.15) is 22.3 Å². The summed E-state index contributed by atoms with van der Waals surface area (Å²) in [6.45, 7) is 0.495. The van der Waals surface area contributed by atoms with Crippen LogP contribution in [0.15, 0.2) is 46.0 Å². The molecule has 2 aromatic rings. The number of hydrogen-bond acceptors (Lipinski definition) is 4. The van der Waals surface area contributed by atoms with Gasteiger partial charge >= 0.3 is 0 Å². The van der Waals surface area contributed by atoms with Crippen LogP contribution in [-0.4, -0.2) is 42.6 Å². The minimum absolute atomic E-state index is 0.0826. The number of sulfonamides is 1. The molecule has 1 aromatic carbocycles. The van der Waals surface area contributed by atoms with Gasteiger partial charge in [-0.2, -0.15) is 4.31 Å². The fraction of sp³-hybridized carbons (Fsp3) is 0.368. The molecule has 0 saturated carbocycles. The largest absolute Gasteiger partial charge is 0.351 e. The molecule has 1 N–H and O–H groups in total. The molecule has 1 aliphatic heterocycles. The maximum Gasteiger partial charge on any atom is 0.243 e. The Hall–Kier alpha value is -2.05. The lowest BCUT2D eigenvalue weighted by Crippen LogP contribution is -2.48. The second-order valence-corrected chi connectivity index (χ2v) is 9.85. The van der Waals surface area contributed by atoms with Crippen molar-refractivity contribution in [1.29, 1.82) is 0 Å². The van der Waals surface area contributed by atoms with Crippen molar-refractivity contribution in [3.63, 3.8) is 0 Å². The summed E-state index contributed by atoms with van der Waals surface area (Å²) in [6, 6.07) is 3.75. The first-order chi connectivity index (χ1) is 14.5. The van der Waals surface area contributed by atoms with Crippen LogP contribution in [0.1, 0.15) is 12.5 Å². The maximum absolute atomic E-state index is 13.9. The molecule has 1 aliphatic rings. The van der Waals surface area contributed by atoms with Crippen LogP contribution in [0.4, 0.5) is 17.6 Å². The average Bonchev–Trinajstić information content (AvgIpc) is 3.07. The van der Waals surface area contributed by atoms with E-state index in [0.717, 1.165) is 30.5 Å². The summed E-state index contributed by atoms with van der Waals surface area (Å²) in [5.41, 5.74) is 0.0826. The van der Waals surface area contributed by atoms with Crippen molar-refractivity contribution in [2.75, 3.05) is 6.54 Å². The lowest BCUT2D eigenvalue weighted by atomic mass is 9.92. The molecule has 168 valence electrons. The molecule has 0 aliphatic carbocycles. The van der Waals surface area contributed by atoms with Crippen molar-refractivity contribution in [3.8, 4) is 0 Å². The third-order valence-electron chi connectivity index (χ3n) is 5.24. The fourth-order valence-corrected chi connectivity index (χ4v) is 5.61. The fourth-order valence-electron chi connectivity index (χ4n) is 3.53.